The van der Waals surface area contributed by atoms with E-state index < -0.39 is 0 Å². The molecule has 2 heterocycles. The molecule has 0 bridgehead atoms. The van der Waals surface area contributed by atoms with Gasteiger partial charge in [-0.15, -0.1) is 0 Å². The fourth-order valence-corrected chi connectivity index (χ4v) is 4.25. The van der Waals surface area contributed by atoms with Crippen LogP contribution in [0.3, 0.4) is 0 Å². The van der Waals surface area contributed by atoms with Gasteiger partial charge in [-0.05, 0) is 35.6 Å². The lowest BCUT2D eigenvalue weighted by molar-refractivity contribution is -0.125. The van der Waals surface area contributed by atoms with Gasteiger partial charge in [0.1, 0.15) is 0 Å². The van der Waals surface area contributed by atoms with Gasteiger partial charge in [-0.1, -0.05) is 23.7 Å². The monoisotopic (exact) mass is 344 g/mol. The van der Waals surface area contributed by atoms with Gasteiger partial charge in [-0.2, -0.15) is 5.10 Å². The molecule has 1 aromatic heterocycles. The van der Waals surface area contributed by atoms with E-state index in [1.54, 1.807) is 4.68 Å². The second-order valence-corrected chi connectivity index (χ2v) is 7.13. The van der Waals surface area contributed by atoms with Crippen molar-refractivity contribution in [2.45, 2.75) is 24.8 Å². The highest BCUT2D eigenvalue weighted by Crippen LogP contribution is 2.36. The highest BCUT2D eigenvalue weighted by atomic mass is 35.5. The average Bonchev–Trinajstić information content (AvgIpc) is 3.27. The highest BCUT2D eigenvalue weighted by Gasteiger charge is 2.36. The van der Waals surface area contributed by atoms with Gasteiger partial charge >= 0.3 is 0 Å². The number of hydrogen-bond acceptors (Lipinski definition) is 3. The second-order valence-electron chi connectivity index (χ2n) is 6.73. The number of rotatable bonds is 3. The topological polar surface area (TPSA) is 59.0 Å². The first-order valence-electron chi connectivity index (χ1n) is 8.40. The number of benzene rings is 1. The van der Waals surface area contributed by atoms with E-state index in [2.05, 4.69) is 21.8 Å². The number of nitrogens with one attached hydrogen (secondary N) is 2. The Hall–Kier alpha value is -1.85. The van der Waals surface area contributed by atoms with Crippen LogP contribution < -0.4 is 10.6 Å². The normalized spacial score (nSPS) is 25.7. The van der Waals surface area contributed by atoms with Gasteiger partial charge in [-0.25, -0.2) is 0 Å². The molecule has 5 nitrogen and oxygen atoms in total. The Morgan fingerprint density at radius 3 is 3.08 bits per heavy atom. The number of aryl methyl sites for hydroxylation is 1. The number of carbonyl (C=O) groups is 1. The Morgan fingerprint density at radius 1 is 1.42 bits per heavy atom. The summed E-state index contributed by atoms with van der Waals surface area (Å²) in [6, 6.07) is 6.02. The lowest BCUT2D eigenvalue weighted by Crippen LogP contribution is -2.36. The van der Waals surface area contributed by atoms with Crippen LogP contribution in [-0.2, 0) is 18.3 Å². The van der Waals surface area contributed by atoms with Crippen LogP contribution in [0.5, 0.6) is 0 Å². The maximum atomic E-state index is 12.9. The van der Waals surface area contributed by atoms with Crippen LogP contribution in [-0.4, -0.2) is 28.8 Å². The van der Waals surface area contributed by atoms with Crippen molar-refractivity contribution in [1.82, 2.24) is 20.4 Å². The molecule has 1 saturated heterocycles. The maximum Gasteiger partial charge on any atom is 0.225 e. The summed E-state index contributed by atoms with van der Waals surface area (Å²) < 4.78 is 1.79. The number of hydrogen-bond donors (Lipinski definition) is 2. The lowest BCUT2D eigenvalue weighted by atomic mass is 9.90. The van der Waals surface area contributed by atoms with E-state index in [1.807, 2.05) is 31.6 Å². The molecule has 1 unspecified atom stereocenters. The smallest absolute Gasteiger partial charge is 0.225 e. The zero-order chi connectivity index (χ0) is 16.7. The van der Waals surface area contributed by atoms with Crippen molar-refractivity contribution in [1.29, 1.82) is 0 Å². The molecule has 24 heavy (non-hydrogen) atoms. The average molecular weight is 345 g/mol. The van der Waals surface area contributed by atoms with E-state index in [4.69, 9.17) is 11.6 Å². The Balaban J connectivity index is 1.50. The minimum atomic E-state index is -0.0579. The Labute approximate surface area is 146 Å². The summed E-state index contributed by atoms with van der Waals surface area (Å²) in [6.07, 6.45) is 5.71. The van der Waals surface area contributed by atoms with Gasteiger partial charge in [-0.3, -0.25) is 9.48 Å². The van der Waals surface area contributed by atoms with Crippen LogP contribution in [0.15, 0.2) is 30.6 Å². The molecule has 1 aromatic carbocycles. The largest absolute Gasteiger partial charge is 0.349 e. The van der Waals surface area contributed by atoms with Crippen molar-refractivity contribution >= 4 is 17.5 Å². The molecule has 0 radical (unpaired) electrons. The molecular formula is C18H21ClN4O. The van der Waals surface area contributed by atoms with E-state index in [0.29, 0.717) is 6.54 Å². The van der Waals surface area contributed by atoms with Crippen LogP contribution in [0, 0.1) is 5.92 Å². The van der Waals surface area contributed by atoms with Crippen molar-refractivity contribution in [3.63, 3.8) is 0 Å². The molecule has 2 aromatic rings. The Morgan fingerprint density at radius 2 is 2.29 bits per heavy atom. The summed E-state index contributed by atoms with van der Waals surface area (Å²) in [5, 5.41) is 11.6. The van der Waals surface area contributed by atoms with E-state index in [1.165, 1.54) is 11.1 Å². The quantitative estimate of drug-likeness (QED) is 0.897. The molecule has 0 saturated carbocycles. The third-order valence-corrected chi connectivity index (χ3v) is 5.59. The van der Waals surface area contributed by atoms with Gasteiger partial charge in [0, 0.05) is 37.3 Å². The molecule has 2 aliphatic rings. The zero-order valence-electron chi connectivity index (χ0n) is 13.6. The highest BCUT2D eigenvalue weighted by molar-refractivity contribution is 6.31. The third kappa shape index (κ3) is 2.72. The molecule has 4 rings (SSSR count). The summed E-state index contributed by atoms with van der Waals surface area (Å²) in [5.41, 5.74) is 3.47. The summed E-state index contributed by atoms with van der Waals surface area (Å²) in [5.74, 6) is 0.239. The van der Waals surface area contributed by atoms with Crippen molar-refractivity contribution in [2.24, 2.45) is 13.0 Å². The van der Waals surface area contributed by atoms with Crippen molar-refractivity contribution in [3.8, 4) is 0 Å². The molecular weight excluding hydrogens is 324 g/mol. The van der Waals surface area contributed by atoms with Crippen molar-refractivity contribution in [3.05, 3.63) is 52.3 Å². The van der Waals surface area contributed by atoms with Crippen LogP contribution >= 0.6 is 11.6 Å². The van der Waals surface area contributed by atoms with Crippen LogP contribution in [0.25, 0.3) is 0 Å². The minimum Gasteiger partial charge on any atom is -0.349 e. The number of aromatic nitrogens is 2. The molecule has 2 N–H and O–H groups in total. The molecule has 1 fully saturated rings. The molecule has 1 aliphatic carbocycles. The molecule has 126 valence electrons. The van der Waals surface area contributed by atoms with Gasteiger partial charge < -0.3 is 10.6 Å². The van der Waals surface area contributed by atoms with Crippen LogP contribution in [0.2, 0.25) is 5.02 Å². The van der Waals surface area contributed by atoms with E-state index >= 15 is 0 Å². The molecule has 0 spiro atoms. The van der Waals surface area contributed by atoms with E-state index in [-0.39, 0.29) is 23.8 Å². The summed E-state index contributed by atoms with van der Waals surface area (Å²) in [7, 11) is 1.90. The fourth-order valence-electron chi connectivity index (χ4n) is 3.97. The predicted molar refractivity (Wildman–Crippen MR) is 93.0 cm³/mol. The van der Waals surface area contributed by atoms with Gasteiger partial charge in [0.25, 0.3) is 0 Å². The molecule has 3 atom stereocenters. The first-order valence-corrected chi connectivity index (χ1v) is 8.78. The Kier molecular flexibility index (Phi) is 4.06. The van der Waals surface area contributed by atoms with Gasteiger partial charge in [0.2, 0.25) is 5.91 Å². The predicted octanol–water partition coefficient (Wildman–Crippen LogP) is 2.18. The zero-order valence-corrected chi connectivity index (χ0v) is 14.4. The minimum absolute atomic E-state index is 0.0579. The van der Waals surface area contributed by atoms with Crippen LogP contribution in [0.4, 0.5) is 0 Å². The summed E-state index contributed by atoms with van der Waals surface area (Å²) in [4.78, 5) is 12.9. The SMILES string of the molecule is Cn1cc([C@H]2CNC[C@@H]2C(=O)NC2CCc3c(Cl)cccc32)cn1. The van der Waals surface area contributed by atoms with E-state index in [0.717, 1.165) is 30.0 Å². The number of nitrogens with zero attached hydrogens (tertiary/aromatic N) is 2. The van der Waals surface area contributed by atoms with Gasteiger partial charge in [0.15, 0.2) is 0 Å². The van der Waals surface area contributed by atoms with Crippen molar-refractivity contribution < 1.29 is 4.79 Å². The summed E-state index contributed by atoms with van der Waals surface area (Å²) in [6.45, 7) is 1.53. The number of amides is 1. The Bertz CT molecular complexity index is 772. The summed E-state index contributed by atoms with van der Waals surface area (Å²) >= 11 is 6.27. The fraction of sp³-hybridized carbons (Fsp3) is 0.444. The van der Waals surface area contributed by atoms with Crippen LogP contribution in [0.1, 0.15) is 35.1 Å². The van der Waals surface area contributed by atoms with E-state index in [9.17, 15) is 4.79 Å². The first kappa shape index (κ1) is 15.7. The number of carbonyl (C=O) groups excluding carboxylic acids is 1. The lowest BCUT2D eigenvalue weighted by Gasteiger charge is -2.21. The second kappa shape index (κ2) is 6.22. The molecule has 6 heteroatoms. The standard InChI is InChI=1S/C18H21ClN4O/c1-23-10-11(7-21-23)14-8-20-9-15(14)18(24)22-17-6-5-12-13(17)3-2-4-16(12)19/h2-4,7,10,14-15,17,20H,5-6,8-9H2,1H3,(H,22,24)/t14-,15+,17?/m1/s1. The molecule has 1 aliphatic heterocycles. The maximum absolute atomic E-state index is 12.9. The molecule has 1 amide bonds. The van der Waals surface area contributed by atoms with Gasteiger partial charge in [0.05, 0.1) is 18.2 Å². The first-order chi connectivity index (χ1) is 11.6. The van der Waals surface area contributed by atoms with Crippen molar-refractivity contribution in [2.75, 3.05) is 13.1 Å². The third-order valence-electron chi connectivity index (χ3n) is 5.23. The number of fused-ring (bicyclic) bond motifs is 1. The number of halogens is 1.